The van der Waals surface area contributed by atoms with Crippen LogP contribution < -0.4 is 4.31 Å². The van der Waals surface area contributed by atoms with E-state index in [0.29, 0.717) is 4.31 Å². The summed E-state index contributed by atoms with van der Waals surface area (Å²) in [6, 6.07) is 7.95. The van der Waals surface area contributed by atoms with E-state index in [-0.39, 0.29) is 22.3 Å². The normalized spacial score (nSPS) is 10.4. The lowest BCUT2D eigenvalue weighted by Gasteiger charge is -2.20. The molecule has 3 nitrogen and oxygen atoms in total. The Morgan fingerprint density at radius 3 is 2.25 bits per heavy atom. The summed E-state index contributed by atoms with van der Waals surface area (Å²) in [7, 11) is 0. The third-order valence-electron chi connectivity index (χ3n) is 1.36. The number of amides is 1. The maximum Gasteiger partial charge on any atom is 0.422 e. The third kappa shape index (κ3) is 4.87. The molecule has 16 heavy (non-hydrogen) atoms. The molecule has 1 rings (SSSR count). The fourth-order valence-corrected chi connectivity index (χ4v) is 1.80. The Morgan fingerprint density at radius 1 is 1.38 bits per heavy atom. The topological polar surface area (TPSA) is 40.5 Å². The Balaban J connectivity index is 0.00000225. The van der Waals surface area contributed by atoms with Crippen molar-refractivity contribution in [3.8, 4) is 0 Å². The summed E-state index contributed by atoms with van der Waals surface area (Å²) in [6.07, 6.45) is -1.35. The van der Waals surface area contributed by atoms with Gasteiger partial charge in [0.25, 0.3) is 0 Å². The highest BCUT2D eigenvalue weighted by Crippen LogP contribution is 2.40. The van der Waals surface area contributed by atoms with Gasteiger partial charge >= 0.3 is 10.0 Å². The zero-order chi connectivity index (χ0) is 11.5. The zero-order valence-corrected chi connectivity index (χ0v) is 9.97. The van der Waals surface area contributed by atoms with Crippen molar-refractivity contribution in [3.63, 3.8) is 0 Å². The van der Waals surface area contributed by atoms with Crippen molar-refractivity contribution in [2.45, 2.75) is 3.92 Å². The molecule has 1 N–H and O–H groups in total. The number of halogens is 4. The van der Waals surface area contributed by atoms with Gasteiger partial charge in [0.15, 0.2) is 0 Å². The van der Waals surface area contributed by atoms with Gasteiger partial charge in [-0.3, -0.25) is 4.70 Å². The van der Waals surface area contributed by atoms with Crippen molar-refractivity contribution in [3.05, 3.63) is 30.3 Å². The predicted octanol–water partition coefficient (Wildman–Crippen LogP) is 4.03. The number of alkyl halides is 3. The minimum atomic E-state index is -2.69. The van der Waals surface area contributed by atoms with Gasteiger partial charge in [-0.25, -0.2) is 9.10 Å². The number of anilines is 1. The van der Waals surface area contributed by atoms with E-state index in [1.165, 1.54) is 12.1 Å². The van der Waals surface area contributed by atoms with E-state index >= 15 is 0 Å². The second kappa shape index (κ2) is 6.12. The van der Waals surface area contributed by atoms with Crippen LogP contribution in [0.3, 0.4) is 0 Å². The fourth-order valence-electron chi connectivity index (χ4n) is 0.869. The van der Waals surface area contributed by atoms with Crippen LogP contribution in [-0.2, 0) is 0 Å². The van der Waals surface area contributed by atoms with Gasteiger partial charge in [0.2, 0.25) is 0 Å². The Labute approximate surface area is 105 Å². The van der Waals surface area contributed by atoms with Crippen molar-refractivity contribution in [2.75, 3.05) is 4.31 Å². The Bertz CT molecular complexity index is 348. The Kier molecular flexibility index (Phi) is 5.85. The second-order valence-electron chi connectivity index (χ2n) is 2.45. The highest BCUT2D eigenvalue weighted by Gasteiger charge is 2.31. The molecule has 0 aliphatic heterocycles. The van der Waals surface area contributed by atoms with Gasteiger partial charge in [-0.1, -0.05) is 41.4 Å². The lowest BCUT2D eigenvalue weighted by atomic mass is 10.3. The molecule has 0 aliphatic rings. The maximum absolute atomic E-state index is 12.9. The van der Waals surface area contributed by atoms with Crippen LogP contribution in [0.5, 0.6) is 0 Å². The molecule has 0 atom stereocenters. The number of carboxylic acid groups (broad SMARTS) is 1. The van der Waals surface area contributed by atoms with Crippen LogP contribution in [0, 0.1) is 0 Å². The molecule has 0 aromatic heterocycles. The first-order chi connectivity index (χ1) is 6.90. The van der Waals surface area contributed by atoms with Crippen molar-refractivity contribution >= 4 is 46.9 Å². The van der Waals surface area contributed by atoms with Crippen LogP contribution in [0.2, 0.25) is 0 Å². The van der Waals surface area contributed by atoms with Crippen LogP contribution >= 0.6 is 35.1 Å². The average Bonchev–Trinajstić information content (AvgIpc) is 2.14. The monoisotopic (exact) mass is 289 g/mol. The first kappa shape index (κ1) is 15.3. The molecular formula is C8H7Cl2F2NO2S. The highest BCUT2D eigenvalue weighted by molar-refractivity contribution is 8.04. The Hall–Kier alpha value is -0.720. The first-order valence-electron chi connectivity index (χ1n) is 3.74. The smallest absolute Gasteiger partial charge is 0.422 e. The Morgan fingerprint density at radius 2 is 1.88 bits per heavy atom. The molecule has 0 bridgehead atoms. The summed E-state index contributed by atoms with van der Waals surface area (Å²) in [6.45, 7) is 0. The average molecular weight is 290 g/mol. The molecule has 0 fully saturated rings. The summed E-state index contributed by atoms with van der Waals surface area (Å²) >= 11 is 10.3. The van der Waals surface area contributed by atoms with E-state index in [2.05, 4.69) is 0 Å². The van der Waals surface area contributed by atoms with Crippen LogP contribution in [0.15, 0.2) is 30.3 Å². The van der Waals surface area contributed by atoms with E-state index in [1.54, 1.807) is 18.2 Å². The van der Waals surface area contributed by atoms with Gasteiger partial charge in [0, 0.05) is 11.9 Å². The van der Waals surface area contributed by atoms with Gasteiger partial charge < -0.3 is 5.11 Å². The molecule has 0 unspecified atom stereocenters. The predicted molar refractivity (Wildman–Crippen MR) is 62.6 cm³/mol. The molecule has 0 spiro atoms. The van der Waals surface area contributed by atoms with E-state index in [9.17, 15) is 9.18 Å². The molecule has 90 valence electrons. The van der Waals surface area contributed by atoms with Gasteiger partial charge in [-0.05, 0) is 12.1 Å². The molecule has 1 aromatic carbocycles. The molecule has 0 radical (unpaired) electrons. The van der Waals surface area contributed by atoms with Crippen LogP contribution in [-0.4, -0.2) is 15.1 Å². The molecular weight excluding hydrogens is 283 g/mol. The molecule has 0 saturated heterocycles. The quantitative estimate of drug-likeness (QED) is 0.675. The lowest BCUT2D eigenvalue weighted by Crippen LogP contribution is -2.25. The van der Waals surface area contributed by atoms with Crippen molar-refractivity contribution in [1.29, 1.82) is 0 Å². The van der Waals surface area contributed by atoms with E-state index in [4.69, 9.17) is 28.3 Å². The number of benzene rings is 1. The lowest BCUT2D eigenvalue weighted by molar-refractivity contribution is 0.206. The number of nitrogens with zero attached hydrogens (tertiary/aromatic N) is 1. The molecule has 1 aromatic rings. The van der Waals surface area contributed by atoms with Gasteiger partial charge in [-0.15, -0.1) is 0 Å². The van der Waals surface area contributed by atoms with E-state index in [1.807, 2.05) is 0 Å². The van der Waals surface area contributed by atoms with Crippen LogP contribution in [0.25, 0.3) is 0 Å². The minimum absolute atomic E-state index is 0. The summed E-state index contributed by atoms with van der Waals surface area (Å²) in [5.41, 5.74) is 0.276. The molecule has 0 saturated carbocycles. The van der Waals surface area contributed by atoms with Crippen molar-refractivity contribution < 1.29 is 19.0 Å². The minimum Gasteiger partial charge on any atom is -0.464 e. The number of hydrogen-bond donors (Lipinski definition) is 1. The number of para-hydroxylation sites is 1. The number of carbonyl (C=O) groups is 1. The molecule has 0 aliphatic carbocycles. The van der Waals surface area contributed by atoms with E-state index < -0.39 is 10.0 Å². The van der Waals surface area contributed by atoms with Crippen LogP contribution in [0.4, 0.5) is 19.6 Å². The molecule has 0 heterocycles. The zero-order valence-electron chi connectivity index (χ0n) is 7.64. The summed E-state index contributed by atoms with van der Waals surface area (Å²) in [5, 5.41) is 8.81. The van der Waals surface area contributed by atoms with E-state index in [0.717, 1.165) is 0 Å². The summed E-state index contributed by atoms with van der Waals surface area (Å²) in [5.74, 6) is 0. The molecule has 1 amide bonds. The highest BCUT2D eigenvalue weighted by atomic mass is 35.5. The maximum atomic E-state index is 12.9. The van der Waals surface area contributed by atoms with Gasteiger partial charge in [-0.2, -0.15) is 4.39 Å². The van der Waals surface area contributed by atoms with Gasteiger partial charge in [0.1, 0.15) is 0 Å². The SMILES string of the molecule is F.O=C(O)N(SC(F)(Cl)Cl)c1ccccc1. The fraction of sp³-hybridized carbons (Fsp3) is 0.125. The second-order valence-corrected chi connectivity index (χ2v) is 5.24. The summed E-state index contributed by atoms with van der Waals surface area (Å²) in [4.78, 5) is 10.8. The van der Waals surface area contributed by atoms with Crippen molar-refractivity contribution in [1.82, 2.24) is 0 Å². The third-order valence-corrected chi connectivity index (χ3v) is 2.53. The molecule has 8 heteroatoms. The number of hydrogen-bond acceptors (Lipinski definition) is 2. The van der Waals surface area contributed by atoms with Crippen molar-refractivity contribution in [2.24, 2.45) is 0 Å². The standard InChI is InChI=1S/C8H6Cl2FNO2S.FH/c9-8(10,11)15-12(7(13)14)6-4-2-1-3-5-6;/h1-5H,(H,13,14);1H. The van der Waals surface area contributed by atoms with Crippen LogP contribution in [0.1, 0.15) is 0 Å². The summed E-state index contributed by atoms with van der Waals surface area (Å²) < 4.78 is 10.8. The van der Waals surface area contributed by atoms with Gasteiger partial charge in [0.05, 0.1) is 5.69 Å². The first-order valence-corrected chi connectivity index (χ1v) is 5.27. The largest absolute Gasteiger partial charge is 0.464 e. The number of rotatable bonds is 3.